The zero-order valence-electron chi connectivity index (χ0n) is 17.0. The van der Waals surface area contributed by atoms with Crippen LogP contribution in [0.3, 0.4) is 0 Å². The molecular weight excluding hydrogens is 430 g/mol. The van der Waals surface area contributed by atoms with Crippen LogP contribution in [0.15, 0.2) is 30.3 Å². The molecule has 0 saturated heterocycles. The fourth-order valence-corrected chi connectivity index (χ4v) is 19.4. The first-order valence-corrected chi connectivity index (χ1v) is 17.8. The van der Waals surface area contributed by atoms with E-state index < -0.39 is 18.4 Å². The van der Waals surface area contributed by atoms with Gasteiger partial charge >= 0.3 is 163 Å². The van der Waals surface area contributed by atoms with Gasteiger partial charge in [-0.05, 0) is 0 Å². The Hall–Kier alpha value is -0.841. The molecule has 0 radical (unpaired) electrons. The minimum absolute atomic E-state index is 0.182. The Morgan fingerprint density at radius 1 is 0.885 bits per heavy atom. The molecule has 2 aromatic rings. The van der Waals surface area contributed by atoms with Gasteiger partial charge in [0, 0.05) is 0 Å². The molecule has 2 rings (SSSR count). The molecule has 0 amide bonds. The van der Waals surface area contributed by atoms with Gasteiger partial charge in [0.25, 0.3) is 0 Å². The van der Waals surface area contributed by atoms with Crippen LogP contribution in [-0.2, 0) is 7.05 Å². The van der Waals surface area contributed by atoms with E-state index in [-0.39, 0.29) is 5.82 Å². The van der Waals surface area contributed by atoms with Gasteiger partial charge in [0.1, 0.15) is 0 Å². The van der Waals surface area contributed by atoms with E-state index in [9.17, 15) is 4.39 Å². The first-order valence-electron chi connectivity index (χ1n) is 10.4. The Morgan fingerprint density at radius 2 is 1.38 bits per heavy atom. The monoisotopic (exact) mass is 466 g/mol. The van der Waals surface area contributed by atoms with Crippen molar-refractivity contribution in [2.24, 2.45) is 7.05 Å². The molecule has 26 heavy (non-hydrogen) atoms. The molecule has 1 heterocycles. The van der Waals surface area contributed by atoms with Crippen molar-refractivity contribution in [2.45, 2.75) is 72.6 Å². The van der Waals surface area contributed by atoms with E-state index in [2.05, 4.69) is 26.8 Å². The topological polar surface area (TPSA) is 17.8 Å². The van der Waals surface area contributed by atoms with E-state index in [1.54, 1.807) is 12.1 Å². The van der Waals surface area contributed by atoms with Crippen molar-refractivity contribution in [3.63, 3.8) is 0 Å². The summed E-state index contributed by atoms with van der Waals surface area (Å²) in [6.07, 6.45) is 7.83. The van der Waals surface area contributed by atoms with Crippen LogP contribution >= 0.6 is 0 Å². The van der Waals surface area contributed by atoms with Gasteiger partial charge in [-0.2, -0.15) is 0 Å². The Morgan fingerprint density at radius 3 is 1.85 bits per heavy atom. The Labute approximate surface area is 163 Å². The van der Waals surface area contributed by atoms with E-state index in [1.807, 2.05) is 23.9 Å². The maximum absolute atomic E-state index is 13.3. The van der Waals surface area contributed by atoms with Gasteiger partial charge in [0.05, 0.1) is 0 Å². The number of hydrogen-bond acceptors (Lipinski definition) is 1. The molecule has 0 fully saturated rings. The minimum atomic E-state index is -2.50. The van der Waals surface area contributed by atoms with Crippen LogP contribution in [0.4, 0.5) is 4.39 Å². The van der Waals surface area contributed by atoms with Crippen molar-refractivity contribution < 1.29 is 4.39 Å². The number of hydrogen-bond donors (Lipinski definition) is 0. The Bertz CT molecular complexity index is 642. The zero-order valence-corrected chi connectivity index (χ0v) is 19.9. The third kappa shape index (κ3) is 5.34. The standard InChI is InChI=1S/C10H8FN2.3C4H9.Sn/c1-13-10(6-7-12-13)8-2-4-9(11)5-3-8;3*1-3-4-2;/h2-6H,1H3;3*1,3-4H2,2H3;. The van der Waals surface area contributed by atoms with E-state index in [1.165, 1.54) is 55.5 Å². The van der Waals surface area contributed by atoms with Crippen LogP contribution < -0.4 is 3.71 Å². The average molecular weight is 465 g/mol. The summed E-state index contributed by atoms with van der Waals surface area (Å²) in [6, 6.07) is 9.19. The van der Waals surface area contributed by atoms with Gasteiger partial charge < -0.3 is 0 Å². The summed E-state index contributed by atoms with van der Waals surface area (Å²) in [4.78, 5) is 0. The zero-order chi connectivity index (χ0) is 19.0. The Balaban J connectivity index is 2.42. The molecule has 0 saturated carbocycles. The summed E-state index contributed by atoms with van der Waals surface area (Å²) >= 11 is -2.50. The average Bonchev–Trinajstić information content (AvgIpc) is 3.04. The molecule has 0 aliphatic rings. The number of nitrogens with zero attached hydrogens (tertiary/aromatic N) is 2. The number of halogens is 1. The van der Waals surface area contributed by atoms with Crippen LogP contribution in [0, 0.1) is 5.82 Å². The predicted molar refractivity (Wildman–Crippen MR) is 113 cm³/mol. The third-order valence-corrected chi connectivity index (χ3v) is 20.6. The summed E-state index contributed by atoms with van der Waals surface area (Å²) < 4.78 is 21.0. The van der Waals surface area contributed by atoms with Crippen molar-refractivity contribution in [3.05, 3.63) is 36.1 Å². The van der Waals surface area contributed by atoms with Crippen LogP contribution in [-0.4, -0.2) is 28.2 Å². The SMILES string of the molecule is CCC[CH2][Sn]([CH2]CCC)([CH2]CCC)[c]1cc(-c2ccc(F)cc2)n(C)n1. The first-order chi connectivity index (χ1) is 12.6. The second kappa shape index (κ2) is 10.5. The van der Waals surface area contributed by atoms with Crippen LogP contribution in [0.2, 0.25) is 13.3 Å². The van der Waals surface area contributed by atoms with Gasteiger partial charge in [0.15, 0.2) is 0 Å². The van der Waals surface area contributed by atoms with Crippen LogP contribution in [0.1, 0.15) is 59.3 Å². The van der Waals surface area contributed by atoms with Gasteiger partial charge in [-0.25, -0.2) is 0 Å². The summed E-state index contributed by atoms with van der Waals surface area (Å²) in [5, 5.41) is 5.06. The summed E-state index contributed by atoms with van der Waals surface area (Å²) in [5.41, 5.74) is 2.19. The number of rotatable bonds is 11. The third-order valence-electron chi connectivity index (χ3n) is 5.59. The molecule has 4 heteroatoms. The van der Waals surface area contributed by atoms with Gasteiger partial charge in [-0.15, -0.1) is 0 Å². The van der Waals surface area contributed by atoms with Crippen molar-refractivity contribution in [1.82, 2.24) is 9.78 Å². The predicted octanol–water partition coefficient (Wildman–Crippen LogP) is 6.28. The normalized spacial score (nSPS) is 11.9. The van der Waals surface area contributed by atoms with Crippen molar-refractivity contribution in [1.29, 1.82) is 0 Å². The molecule has 1 aromatic carbocycles. The summed E-state index contributed by atoms with van der Waals surface area (Å²) in [7, 11) is 2.04. The van der Waals surface area contributed by atoms with E-state index >= 15 is 0 Å². The molecule has 144 valence electrons. The second-order valence-electron chi connectivity index (χ2n) is 7.64. The van der Waals surface area contributed by atoms with Crippen molar-refractivity contribution in [2.75, 3.05) is 0 Å². The van der Waals surface area contributed by atoms with E-state index in [0.29, 0.717) is 0 Å². The first kappa shape index (κ1) is 21.5. The molecule has 2 nitrogen and oxygen atoms in total. The quantitative estimate of drug-likeness (QED) is 0.357. The van der Waals surface area contributed by atoms with Gasteiger partial charge in [0.2, 0.25) is 0 Å². The molecule has 0 aliphatic carbocycles. The molecule has 0 aliphatic heterocycles. The van der Waals surface area contributed by atoms with Crippen LogP contribution in [0.5, 0.6) is 0 Å². The van der Waals surface area contributed by atoms with Gasteiger partial charge in [-0.1, -0.05) is 0 Å². The molecule has 0 atom stereocenters. The number of benzene rings is 1. The summed E-state index contributed by atoms with van der Waals surface area (Å²) in [6.45, 7) is 6.91. The van der Waals surface area contributed by atoms with E-state index in [4.69, 9.17) is 5.10 Å². The molecule has 0 spiro atoms. The molecular formula is C22H35FN2Sn. The fourth-order valence-electron chi connectivity index (χ4n) is 3.92. The summed E-state index contributed by atoms with van der Waals surface area (Å²) in [5.74, 6) is -0.182. The van der Waals surface area contributed by atoms with Crippen molar-refractivity contribution in [3.8, 4) is 11.3 Å². The number of aryl methyl sites for hydroxylation is 1. The second-order valence-corrected chi connectivity index (χ2v) is 20.7. The number of unbranched alkanes of at least 4 members (excludes halogenated alkanes) is 3. The maximum atomic E-state index is 13.3. The molecule has 0 unspecified atom stereocenters. The molecule has 0 bridgehead atoms. The molecule has 1 aromatic heterocycles. The van der Waals surface area contributed by atoms with E-state index in [0.717, 1.165) is 11.3 Å². The fraction of sp³-hybridized carbons (Fsp3) is 0.591. The van der Waals surface area contributed by atoms with Gasteiger partial charge in [-0.3, -0.25) is 0 Å². The Kier molecular flexibility index (Phi) is 8.65. The van der Waals surface area contributed by atoms with Crippen molar-refractivity contribution >= 4 is 22.1 Å². The van der Waals surface area contributed by atoms with Crippen LogP contribution in [0.25, 0.3) is 11.3 Å². The number of aromatic nitrogens is 2. The molecule has 0 N–H and O–H groups in total.